The first-order valence-corrected chi connectivity index (χ1v) is 4.86. The number of aryl methyl sites for hydroxylation is 1. The largest absolute Gasteiger partial charge is 0.423 e. The molecule has 0 radical (unpaired) electrons. The van der Waals surface area contributed by atoms with Crippen LogP contribution in [0.1, 0.15) is 5.56 Å². The van der Waals surface area contributed by atoms with Gasteiger partial charge in [-0.3, -0.25) is 0 Å². The molecule has 0 aliphatic carbocycles. The Bertz CT molecular complexity index is 512. The van der Waals surface area contributed by atoms with Gasteiger partial charge in [-0.1, -0.05) is 5.92 Å². The maximum Gasteiger partial charge on any atom is 0.247 e. The van der Waals surface area contributed by atoms with E-state index in [0.29, 0.717) is 12.4 Å². The van der Waals surface area contributed by atoms with Crippen molar-refractivity contribution in [2.75, 3.05) is 11.9 Å². The average molecular weight is 213 g/mol. The minimum absolute atomic E-state index is 0.515. The number of benzene rings is 1. The summed E-state index contributed by atoms with van der Waals surface area (Å²) in [6.07, 6.45) is 6.50. The maximum absolute atomic E-state index is 5.19. The van der Waals surface area contributed by atoms with Crippen molar-refractivity contribution in [3.8, 4) is 23.8 Å². The van der Waals surface area contributed by atoms with Crippen molar-refractivity contribution in [1.82, 2.24) is 10.2 Å². The summed E-state index contributed by atoms with van der Waals surface area (Å²) in [6, 6.07) is 5.85. The van der Waals surface area contributed by atoms with E-state index >= 15 is 0 Å². The fraction of sp³-hybridized carbons (Fsp3) is 0.167. The van der Waals surface area contributed by atoms with E-state index in [0.717, 1.165) is 16.8 Å². The molecule has 1 aromatic carbocycles. The third-order valence-electron chi connectivity index (χ3n) is 2.21. The fourth-order valence-electron chi connectivity index (χ4n) is 1.44. The van der Waals surface area contributed by atoms with Crippen molar-refractivity contribution < 1.29 is 4.42 Å². The van der Waals surface area contributed by atoms with Gasteiger partial charge < -0.3 is 9.73 Å². The number of rotatable bonds is 3. The number of terminal acetylenes is 1. The number of anilines is 1. The molecule has 0 aliphatic heterocycles. The third kappa shape index (κ3) is 2.04. The zero-order valence-electron chi connectivity index (χ0n) is 8.90. The molecule has 1 N–H and O–H groups in total. The highest BCUT2D eigenvalue weighted by molar-refractivity contribution is 5.62. The predicted octanol–water partition coefficient (Wildman–Crippen LogP) is 2.09. The number of nitrogens with one attached hydrogen (secondary N) is 1. The summed E-state index contributed by atoms with van der Waals surface area (Å²) in [4.78, 5) is 0. The molecule has 80 valence electrons. The normalized spacial score (nSPS) is 9.75. The van der Waals surface area contributed by atoms with Gasteiger partial charge >= 0.3 is 0 Å². The molecule has 0 spiro atoms. The summed E-state index contributed by atoms with van der Waals surface area (Å²) in [5.41, 5.74) is 3.01. The Morgan fingerprint density at radius 3 is 3.00 bits per heavy atom. The summed E-state index contributed by atoms with van der Waals surface area (Å²) in [5, 5.41) is 10.6. The summed E-state index contributed by atoms with van der Waals surface area (Å²) in [6.45, 7) is 2.51. The van der Waals surface area contributed by atoms with Crippen LogP contribution in [0.2, 0.25) is 0 Å². The summed E-state index contributed by atoms with van der Waals surface area (Å²) in [7, 11) is 0. The lowest BCUT2D eigenvalue weighted by Gasteiger charge is -2.07. The molecule has 0 saturated carbocycles. The molecule has 0 saturated heterocycles. The van der Waals surface area contributed by atoms with Gasteiger partial charge in [0.25, 0.3) is 0 Å². The van der Waals surface area contributed by atoms with E-state index in [-0.39, 0.29) is 0 Å². The van der Waals surface area contributed by atoms with Crippen molar-refractivity contribution in [2.45, 2.75) is 6.92 Å². The minimum Gasteiger partial charge on any atom is -0.423 e. The van der Waals surface area contributed by atoms with E-state index in [1.54, 1.807) is 0 Å². The summed E-state index contributed by atoms with van der Waals surface area (Å²) in [5.74, 6) is 3.05. The van der Waals surface area contributed by atoms with E-state index in [9.17, 15) is 0 Å². The molecule has 1 heterocycles. The Hall–Kier alpha value is -2.28. The zero-order valence-corrected chi connectivity index (χ0v) is 8.90. The second-order valence-electron chi connectivity index (χ2n) is 3.33. The molecule has 1 aromatic heterocycles. The Labute approximate surface area is 93.7 Å². The first kappa shape index (κ1) is 10.2. The first-order valence-electron chi connectivity index (χ1n) is 4.86. The lowest BCUT2D eigenvalue weighted by atomic mass is 10.1. The molecule has 2 rings (SSSR count). The SMILES string of the molecule is C#CCNc1ccc(-c2nnco2)cc1C. The average Bonchev–Trinajstić information content (AvgIpc) is 2.81. The van der Waals surface area contributed by atoms with E-state index in [2.05, 4.69) is 21.4 Å². The van der Waals surface area contributed by atoms with E-state index in [1.165, 1.54) is 6.39 Å². The van der Waals surface area contributed by atoms with Crippen LogP contribution < -0.4 is 5.32 Å². The molecular weight excluding hydrogens is 202 g/mol. The van der Waals surface area contributed by atoms with Gasteiger partial charge in [-0.25, -0.2) is 0 Å². The van der Waals surface area contributed by atoms with Crippen LogP contribution in [-0.2, 0) is 0 Å². The van der Waals surface area contributed by atoms with Gasteiger partial charge in [0.15, 0.2) is 0 Å². The van der Waals surface area contributed by atoms with Gasteiger partial charge in [0.1, 0.15) is 0 Å². The quantitative estimate of drug-likeness (QED) is 0.793. The van der Waals surface area contributed by atoms with Gasteiger partial charge in [0.2, 0.25) is 12.3 Å². The second-order valence-corrected chi connectivity index (χ2v) is 3.33. The molecule has 0 aliphatic rings. The highest BCUT2D eigenvalue weighted by Gasteiger charge is 2.05. The summed E-state index contributed by atoms with van der Waals surface area (Å²) >= 11 is 0. The van der Waals surface area contributed by atoms with Crippen LogP contribution in [0.4, 0.5) is 5.69 Å². The first-order chi connectivity index (χ1) is 7.81. The number of aromatic nitrogens is 2. The van der Waals surface area contributed by atoms with Gasteiger partial charge in [-0.15, -0.1) is 16.6 Å². The summed E-state index contributed by atoms with van der Waals surface area (Å²) < 4.78 is 5.12. The lowest BCUT2D eigenvalue weighted by molar-refractivity contribution is 0.568. The van der Waals surface area contributed by atoms with Gasteiger partial charge in [-0.2, -0.15) is 0 Å². The second kappa shape index (κ2) is 4.49. The predicted molar refractivity (Wildman–Crippen MR) is 61.8 cm³/mol. The van der Waals surface area contributed by atoms with Crippen LogP contribution in [0.25, 0.3) is 11.5 Å². The number of nitrogens with zero attached hydrogens (tertiary/aromatic N) is 2. The molecule has 0 bridgehead atoms. The van der Waals surface area contributed by atoms with Crippen molar-refractivity contribution in [3.63, 3.8) is 0 Å². The highest BCUT2D eigenvalue weighted by atomic mass is 16.4. The molecule has 0 fully saturated rings. The zero-order chi connectivity index (χ0) is 11.4. The van der Waals surface area contributed by atoms with Crippen LogP contribution in [0.15, 0.2) is 29.0 Å². The van der Waals surface area contributed by atoms with Gasteiger partial charge in [-0.05, 0) is 30.7 Å². The van der Waals surface area contributed by atoms with Crippen LogP contribution in [-0.4, -0.2) is 16.7 Å². The van der Waals surface area contributed by atoms with Crippen LogP contribution in [0.5, 0.6) is 0 Å². The van der Waals surface area contributed by atoms with Crippen LogP contribution in [0, 0.1) is 19.3 Å². The monoisotopic (exact) mass is 213 g/mol. The third-order valence-corrected chi connectivity index (χ3v) is 2.21. The molecule has 2 aromatic rings. The topological polar surface area (TPSA) is 51.0 Å². The molecule has 4 nitrogen and oxygen atoms in total. The van der Waals surface area contributed by atoms with Crippen molar-refractivity contribution in [2.24, 2.45) is 0 Å². The highest BCUT2D eigenvalue weighted by Crippen LogP contribution is 2.22. The molecule has 0 unspecified atom stereocenters. The molecule has 16 heavy (non-hydrogen) atoms. The maximum atomic E-state index is 5.19. The molecule has 0 amide bonds. The Kier molecular flexibility index (Phi) is 2.88. The fourth-order valence-corrected chi connectivity index (χ4v) is 1.44. The molecular formula is C12H11N3O. The van der Waals surface area contributed by atoms with Crippen LogP contribution >= 0.6 is 0 Å². The smallest absolute Gasteiger partial charge is 0.247 e. The van der Waals surface area contributed by atoms with E-state index in [1.807, 2.05) is 25.1 Å². The van der Waals surface area contributed by atoms with E-state index in [4.69, 9.17) is 10.8 Å². The van der Waals surface area contributed by atoms with Crippen molar-refractivity contribution >= 4 is 5.69 Å². The Balaban J connectivity index is 2.27. The van der Waals surface area contributed by atoms with Gasteiger partial charge in [0, 0.05) is 11.3 Å². The molecule has 0 atom stereocenters. The lowest BCUT2D eigenvalue weighted by Crippen LogP contribution is -2.00. The molecule has 4 heteroatoms. The minimum atomic E-state index is 0.515. The Morgan fingerprint density at radius 2 is 2.38 bits per heavy atom. The number of hydrogen-bond acceptors (Lipinski definition) is 4. The van der Waals surface area contributed by atoms with Crippen LogP contribution in [0.3, 0.4) is 0 Å². The standard InChI is InChI=1S/C12H11N3O/c1-3-6-13-11-5-4-10(7-9(11)2)12-15-14-8-16-12/h1,4-5,7-8,13H,6H2,2H3. The van der Waals surface area contributed by atoms with Crippen molar-refractivity contribution in [1.29, 1.82) is 0 Å². The van der Waals surface area contributed by atoms with Crippen molar-refractivity contribution in [3.05, 3.63) is 30.2 Å². The number of hydrogen-bond donors (Lipinski definition) is 1. The Morgan fingerprint density at radius 1 is 1.50 bits per heavy atom. The van der Waals surface area contributed by atoms with Gasteiger partial charge in [0.05, 0.1) is 6.54 Å². The van der Waals surface area contributed by atoms with E-state index < -0.39 is 0 Å².